The van der Waals surface area contributed by atoms with E-state index in [9.17, 15) is 0 Å². The topological polar surface area (TPSA) is 6.48 Å². The van der Waals surface area contributed by atoms with Gasteiger partial charge in [-0.25, -0.2) is 0 Å². The number of aryl methyl sites for hydroxylation is 2. The van der Waals surface area contributed by atoms with Crippen LogP contribution in [0.25, 0.3) is 0 Å². The van der Waals surface area contributed by atoms with E-state index in [1.165, 1.54) is 35.3 Å². The minimum absolute atomic E-state index is 0.746. The summed E-state index contributed by atoms with van der Waals surface area (Å²) in [6.45, 7) is 4.95. The number of anilines is 2. The summed E-state index contributed by atoms with van der Waals surface area (Å²) in [4.78, 5) is 4.69. The fraction of sp³-hybridized carbons (Fsp3) is 0.391. The molecule has 0 atom stereocenters. The average molecular weight is 332 g/mol. The van der Waals surface area contributed by atoms with Crippen molar-refractivity contribution >= 4 is 11.4 Å². The van der Waals surface area contributed by atoms with E-state index in [0.29, 0.717) is 0 Å². The molecule has 0 N–H and O–H groups in total. The SMILES string of the molecule is CCCCN(C)CC#CCN1c2ccccc2CCc2ccccc21. The standard InChI is InChI=1S/C23H28N2/c1-3-4-17-24(2)18-9-10-19-25-22-13-7-5-11-20(22)15-16-21-12-6-8-14-23(21)25/h5-8,11-14H,3-4,15-19H2,1-2H3. The van der Waals surface area contributed by atoms with Crippen LogP contribution in [0.15, 0.2) is 48.5 Å². The molecule has 3 rings (SSSR count). The second kappa shape index (κ2) is 8.74. The molecule has 0 unspecified atom stereocenters. The Kier molecular flexibility index (Phi) is 6.14. The third-order valence-electron chi connectivity index (χ3n) is 4.83. The van der Waals surface area contributed by atoms with Gasteiger partial charge in [-0.2, -0.15) is 0 Å². The summed E-state index contributed by atoms with van der Waals surface area (Å²) in [5.41, 5.74) is 5.45. The fourth-order valence-electron chi connectivity index (χ4n) is 3.37. The van der Waals surface area contributed by atoms with Gasteiger partial charge in [-0.15, -0.1) is 0 Å². The second-order valence-electron chi connectivity index (χ2n) is 6.79. The first-order valence-electron chi connectivity index (χ1n) is 9.37. The summed E-state index contributed by atoms with van der Waals surface area (Å²) >= 11 is 0. The molecular formula is C23H28N2. The molecule has 0 aliphatic carbocycles. The zero-order chi connectivity index (χ0) is 17.5. The monoisotopic (exact) mass is 332 g/mol. The maximum atomic E-state index is 3.41. The van der Waals surface area contributed by atoms with E-state index in [2.05, 4.69) is 84.1 Å². The molecule has 0 bridgehead atoms. The van der Waals surface area contributed by atoms with Crippen LogP contribution in [-0.2, 0) is 12.8 Å². The first-order valence-corrected chi connectivity index (χ1v) is 9.37. The number of nitrogens with zero attached hydrogens (tertiary/aromatic N) is 2. The van der Waals surface area contributed by atoms with E-state index >= 15 is 0 Å². The van der Waals surface area contributed by atoms with E-state index in [1.807, 2.05) is 0 Å². The van der Waals surface area contributed by atoms with Crippen LogP contribution in [-0.4, -0.2) is 31.6 Å². The minimum atomic E-state index is 0.746. The van der Waals surface area contributed by atoms with Crippen molar-refractivity contribution in [2.24, 2.45) is 0 Å². The van der Waals surface area contributed by atoms with Crippen LogP contribution in [0.3, 0.4) is 0 Å². The molecule has 130 valence electrons. The summed E-state index contributed by atoms with van der Waals surface area (Å²) in [6.07, 6.45) is 4.66. The summed E-state index contributed by atoms with van der Waals surface area (Å²) in [5, 5.41) is 0. The average Bonchev–Trinajstić information content (AvgIpc) is 2.81. The number of fused-ring (bicyclic) bond motifs is 2. The van der Waals surface area contributed by atoms with E-state index in [0.717, 1.165) is 32.5 Å². The van der Waals surface area contributed by atoms with E-state index < -0.39 is 0 Å². The van der Waals surface area contributed by atoms with Crippen molar-refractivity contribution in [3.63, 3.8) is 0 Å². The predicted octanol–water partition coefficient (Wildman–Crippen LogP) is 4.66. The van der Waals surface area contributed by atoms with Crippen LogP contribution in [0, 0.1) is 11.8 Å². The normalized spacial score (nSPS) is 12.8. The van der Waals surface area contributed by atoms with Gasteiger partial charge < -0.3 is 4.90 Å². The van der Waals surface area contributed by atoms with Gasteiger partial charge in [0.25, 0.3) is 0 Å². The van der Waals surface area contributed by atoms with Gasteiger partial charge in [0.05, 0.1) is 13.1 Å². The molecule has 1 aliphatic heterocycles. The molecule has 0 amide bonds. The van der Waals surface area contributed by atoms with Gasteiger partial charge in [-0.3, -0.25) is 4.90 Å². The Morgan fingerprint density at radius 3 is 2.12 bits per heavy atom. The lowest BCUT2D eigenvalue weighted by Gasteiger charge is -2.24. The number of unbranched alkanes of at least 4 members (excludes halogenated alkanes) is 1. The number of hydrogen-bond acceptors (Lipinski definition) is 2. The minimum Gasteiger partial charge on any atom is -0.329 e. The third-order valence-corrected chi connectivity index (χ3v) is 4.83. The van der Waals surface area contributed by atoms with Crippen molar-refractivity contribution in [2.75, 3.05) is 31.6 Å². The van der Waals surface area contributed by atoms with E-state index in [1.54, 1.807) is 0 Å². The van der Waals surface area contributed by atoms with Crippen LogP contribution < -0.4 is 4.90 Å². The summed E-state index contributed by atoms with van der Waals surface area (Å²) in [7, 11) is 2.15. The summed E-state index contributed by atoms with van der Waals surface area (Å²) < 4.78 is 0. The molecule has 2 nitrogen and oxygen atoms in total. The largest absolute Gasteiger partial charge is 0.329 e. The molecule has 2 aromatic rings. The Labute approximate surface area is 152 Å². The molecule has 2 aromatic carbocycles. The fourth-order valence-corrected chi connectivity index (χ4v) is 3.37. The van der Waals surface area contributed by atoms with Gasteiger partial charge in [0.15, 0.2) is 0 Å². The number of para-hydroxylation sites is 2. The molecule has 1 heterocycles. The maximum absolute atomic E-state index is 3.41. The quantitative estimate of drug-likeness (QED) is 0.735. The van der Waals surface area contributed by atoms with Gasteiger partial charge in [0.1, 0.15) is 0 Å². The number of benzene rings is 2. The van der Waals surface area contributed by atoms with Crippen molar-refractivity contribution in [1.82, 2.24) is 4.90 Å². The van der Waals surface area contributed by atoms with Crippen molar-refractivity contribution in [3.8, 4) is 11.8 Å². The van der Waals surface area contributed by atoms with Gasteiger partial charge in [-0.1, -0.05) is 61.6 Å². The maximum Gasteiger partial charge on any atom is 0.0843 e. The van der Waals surface area contributed by atoms with Crippen molar-refractivity contribution in [1.29, 1.82) is 0 Å². The lowest BCUT2D eigenvalue weighted by molar-refractivity contribution is 0.367. The number of rotatable bonds is 5. The van der Waals surface area contributed by atoms with Crippen LogP contribution >= 0.6 is 0 Å². The Hall–Kier alpha value is -2.24. The third kappa shape index (κ3) is 4.44. The highest BCUT2D eigenvalue weighted by Crippen LogP contribution is 2.35. The highest BCUT2D eigenvalue weighted by Gasteiger charge is 2.18. The molecule has 2 heteroatoms. The van der Waals surface area contributed by atoms with Gasteiger partial charge >= 0.3 is 0 Å². The molecule has 0 fully saturated rings. The molecule has 0 saturated carbocycles. The lowest BCUT2D eigenvalue weighted by atomic mass is 10.0. The second-order valence-corrected chi connectivity index (χ2v) is 6.79. The Morgan fingerprint density at radius 2 is 1.52 bits per heavy atom. The molecule has 0 saturated heterocycles. The predicted molar refractivity (Wildman–Crippen MR) is 107 cm³/mol. The molecular weight excluding hydrogens is 304 g/mol. The zero-order valence-corrected chi connectivity index (χ0v) is 15.5. The highest BCUT2D eigenvalue weighted by atomic mass is 15.1. The molecule has 1 aliphatic rings. The van der Waals surface area contributed by atoms with Gasteiger partial charge in [0.2, 0.25) is 0 Å². The van der Waals surface area contributed by atoms with Gasteiger partial charge in [-0.05, 0) is 56.1 Å². The molecule has 0 radical (unpaired) electrons. The summed E-state index contributed by atoms with van der Waals surface area (Å²) in [6, 6.07) is 17.5. The smallest absolute Gasteiger partial charge is 0.0843 e. The van der Waals surface area contributed by atoms with Crippen LogP contribution in [0.2, 0.25) is 0 Å². The van der Waals surface area contributed by atoms with Crippen molar-refractivity contribution < 1.29 is 0 Å². The van der Waals surface area contributed by atoms with Crippen LogP contribution in [0.4, 0.5) is 11.4 Å². The molecule has 0 aromatic heterocycles. The van der Waals surface area contributed by atoms with Crippen molar-refractivity contribution in [3.05, 3.63) is 59.7 Å². The Morgan fingerprint density at radius 1 is 0.920 bits per heavy atom. The Bertz CT molecular complexity index is 706. The Balaban J connectivity index is 1.78. The van der Waals surface area contributed by atoms with Crippen molar-refractivity contribution in [2.45, 2.75) is 32.6 Å². The first-order chi connectivity index (χ1) is 12.3. The summed E-state index contributed by atoms with van der Waals surface area (Å²) in [5.74, 6) is 6.76. The van der Waals surface area contributed by atoms with E-state index in [-0.39, 0.29) is 0 Å². The number of hydrogen-bond donors (Lipinski definition) is 0. The van der Waals surface area contributed by atoms with Gasteiger partial charge in [0, 0.05) is 11.4 Å². The van der Waals surface area contributed by atoms with E-state index in [4.69, 9.17) is 0 Å². The highest BCUT2D eigenvalue weighted by molar-refractivity contribution is 5.71. The molecule has 0 spiro atoms. The van der Waals surface area contributed by atoms with Crippen LogP contribution in [0.1, 0.15) is 30.9 Å². The zero-order valence-electron chi connectivity index (χ0n) is 15.5. The van der Waals surface area contributed by atoms with Crippen LogP contribution in [0.5, 0.6) is 0 Å². The first kappa shape index (κ1) is 17.6. The molecule has 25 heavy (non-hydrogen) atoms. The lowest BCUT2D eigenvalue weighted by Crippen LogP contribution is -2.21.